The van der Waals surface area contributed by atoms with E-state index in [0.717, 1.165) is 23.0 Å². The minimum Gasteiger partial charge on any atom is -0.497 e. The molecule has 0 amide bonds. The molecular weight excluding hydrogens is 502 g/mol. The Kier molecular flexibility index (Phi) is 6.94. The van der Waals surface area contributed by atoms with Crippen LogP contribution in [0.15, 0.2) is 69.7 Å². The first-order valence-electron chi connectivity index (χ1n) is 12.4. The summed E-state index contributed by atoms with van der Waals surface area (Å²) in [6.45, 7) is 6.61. The van der Waals surface area contributed by atoms with Crippen molar-refractivity contribution in [2.45, 2.75) is 33.4 Å². The molecule has 0 saturated heterocycles. The van der Waals surface area contributed by atoms with Crippen molar-refractivity contribution in [3.63, 3.8) is 0 Å². The number of hydrogen-bond donors (Lipinski definition) is 0. The molecule has 1 atom stereocenters. The number of fused-ring (bicyclic) bond motifs is 2. The summed E-state index contributed by atoms with van der Waals surface area (Å²) in [6.07, 6.45) is 3.96. The molecule has 0 bridgehead atoms. The first kappa shape index (κ1) is 25.5. The third kappa shape index (κ3) is 4.22. The standard InChI is InChI=1S/C29H29N3O5S/c1-6-31-16-18(20-10-8-9-11-22(20)31)14-24-27(33)32-26(21-15-19(35-4)12-13-23(21)36-5)25(28(34)37-7-2)17(3)30-29(32)38-24/h8-16,26H,6-7H2,1-5H3/b24-14-/t26-/m0/s1. The molecule has 196 valence electrons. The summed E-state index contributed by atoms with van der Waals surface area (Å²) in [5, 5.41) is 1.06. The molecule has 1 aliphatic heterocycles. The molecule has 0 unspecified atom stereocenters. The van der Waals surface area contributed by atoms with Gasteiger partial charge >= 0.3 is 5.97 Å². The van der Waals surface area contributed by atoms with E-state index in [4.69, 9.17) is 14.2 Å². The van der Waals surface area contributed by atoms with Gasteiger partial charge in [-0.05, 0) is 51.1 Å². The van der Waals surface area contributed by atoms with Gasteiger partial charge in [-0.3, -0.25) is 9.36 Å². The van der Waals surface area contributed by atoms with Crippen molar-refractivity contribution in [2.24, 2.45) is 4.99 Å². The van der Waals surface area contributed by atoms with Gasteiger partial charge in [-0.1, -0.05) is 29.5 Å². The zero-order valence-electron chi connectivity index (χ0n) is 22.0. The summed E-state index contributed by atoms with van der Waals surface area (Å²) in [6, 6.07) is 12.7. The first-order valence-corrected chi connectivity index (χ1v) is 13.2. The van der Waals surface area contributed by atoms with Crippen molar-refractivity contribution < 1.29 is 19.0 Å². The number of carbonyl (C=O) groups excluding carboxylic acids is 1. The van der Waals surface area contributed by atoms with Crippen molar-refractivity contribution in [2.75, 3.05) is 20.8 Å². The van der Waals surface area contributed by atoms with Crippen LogP contribution in [0, 0.1) is 0 Å². The number of benzene rings is 2. The predicted molar refractivity (Wildman–Crippen MR) is 148 cm³/mol. The van der Waals surface area contributed by atoms with Crippen LogP contribution in [0.25, 0.3) is 17.0 Å². The monoisotopic (exact) mass is 531 g/mol. The molecule has 5 rings (SSSR count). The summed E-state index contributed by atoms with van der Waals surface area (Å²) >= 11 is 1.30. The highest BCUT2D eigenvalue weighted by Gasteiger charge is 2.35. The molecule has 1 aliphatic rings. The van der Waals surface area contributed by atoms with Gasteiger partial charge in [-0.15, -0.1) is 0 Å². The van der Waals surface area contributed by atoms with E-state index < -0.39 is 12.0 Å². The van der Waals surface area contributed by atoms with Crippen LogP contribution in [0.5, 0.6) is 11.5 Å². The van der Waals surface area contributed by atoms with Crippen LogP contribution >= 0.6 is 11.3 Å². The maximum atomic E-state index is 14.0. The van der Waals surface area contributed by atoms with E-state index in [0.29, 0.717) is 37.7 Å². The third-order valence-corrected chi connectivity index (χ3v) is 7.68. The van der Waals surface area contributed by atoms with Crippen LogP contribution in [-0.4, -0.2) is 35.9 Å². The highest BCUT2D eigenvalue weighted by atomic mass is 32.1. The number of allylic oxidation sites excluding steroid dienone is 1. The molecule has 0 aliphatic carbocycles. The molecule has 2 aromatic carbocycles. The molecule has 0 N–H and O–H groups in total. The molecule has 38 heavy (non-hydrogen) atoms. The second kappa shape index (κ2) is 10.3. The van der Waals surface area contributed by atoms with Crippen LogP contribution in [0.3, 0.4) is 0 Å². The van der Waals surface area contributed by atoms with Gasteiger partial charge in [0, 0.05) is 34.8 Å². The van der Waals surface area contributed by atoms with Gasteiger partial charge in [0.1, 0.15) is 17.5 Å². The van der Waals surface area contributed by atoms with Crippen LogP contribution in [-0.2, 0) is 16.1 Å². The number of methoxy groups -OCH3 is 2. The zero-order chi connectivity index (χ0) is 27.0. The van der Waals surface area contributed by atoms with Gasteiger partial charge < -0.3 is 18.8 Å². The smallest absolute Gasteiger partial charge is 0.338 e. The Bertz CT molecular complexity index is 1760. The fourth-order valence-corrected chi connectivity index (χ4v) is 5.97. The molecule has 0 saturated carbocycles. The summed E-state index contributed by atoms with van der Waals surface area (Å²) in [4.78, 5) is 32.4. The number of hydrogen-bond acceptors (Lipinski definition) is 7. The third-order valence-electron chi connectivity index (χ3n) is 6.70. The van der Waals surface area contributed by atoms with Gasteiger partial charge in [0.2, 0.25) is 0 Å². The first-order chi connectivity index (χ1) is 18.4. The van der Waals surface area contributed by atoms with Crippen molar-refractivity contribution in [1.29, 1.82) is 0 Å². The largest absolute Gasteiger partial charge is 0.497 e. The Labute approximate surface area is 223 Å². The fourth-order valence-electron chi connectivity index (χ4n) is 4.93. The lowest BCUT2D eigenvalue weighted by Gasteiger charge is -2.26. The highest BCUT2D eigenvalue weighted by molar-refractivity contribution is 7.07. The summed E-state index contributed by atoms with van der Waals surface area (Å²) in [5.41, 5.74) is 3.21. The topological polar surface area (TPSA) is 84.1 Å². The normalized spacial score (nSPS) is 15.4. The fraction of sp³-hybridized carbons (Fsp3) is 0.276. The second-order valence-electron chi connectivity index (χ2n) is 8.80. The Balaban J connectivity index is 1.79. The number of carbonyl (C=O) groups is 1. The zero-order valence-corrected chi connectivity index (χ0v) is 22.8. The van der Waals surface area contributed by atoms with Crippen molar-refractivity contribution >= 4 is 34.3 Å². The second-order valence-corrected chi connectivity index (χ2v) is 9.81. The maximum Gasteiger partial charge on any atom is 0.338 e. The molecule has 0 spiro atoms. The lowest BCUT2D eigenvalue weighted by molar-refractivity contribution is -0.139. The average molecular weight is 532 g/mol. The van der Waals surface area contributed by atoms with Gasteiger partial charge in [-0.2, -0.15) is 0 Å². The number of rotatable bonds is 7. The van der Waals surface area contributed by atoms with E-state index in [-0.39, 0.29) is 12.2 Å². The van der Waals surface area contributed by atoms with Crippen LogP contribution in [0.4, 0.5) is 0 Å². The minimum absolute atomic E-state index is 0.198. The number of esters is 1. The number of ether oxygens (including phenoxy) is 3. The van der Waals surface area contributed by atoms with Gasteiger partial charge in [0.15, 0.2) is 4.80 Å². The number of thiazole rings is 1. The van der Waals surface area contributed by atoms with Crippen molar-refractivity contribution in [3.8, 4) is 11.5 Å². The number of nitrogens with zero attached hydrogens (tertiary/aromatic N) is 3. The van der Waals surface area contributed by atoms with E-state index in [1.165, 1.54) is 11.3 Å². The number of aryl methyl sites for hydroxylation is 1. The minimum atomic E-state index is -0.797. The Hall–Kier alpha value is -4.11. The van der Waals surface area contributed by atoms with E-state index in [9.17, 15) is 9.59 Å². The average Bonchev–Trinajstić information content (AvgIpc) is 3.44. The van der Waals surface area contributed by atoms with Crippen molar-refractivity contribution in [1.82, 2.24) is 9.13 Å². The molecule has 9 heteroatoms. The van der Waals surface area contributed by atoms with Crippen LogP contribution in [0.1, 0.15) is 37.9 Å². The van der Waals surface area contributed by atoms with Gasteiger partial charge in [0.05, 0.1) is 36.6 Å². The quantitative estimate of drug-likeness (QED) is 0.339. The molecule has 2 aromatic heterocycles. The number of aromatic nitrogens is 2. The van der Waals surface area contributed by atoms with E-state index in [1.54, 1.807) is 50.8 Å². The highest BCUT2D eigenvalue weighted by Crippen LogP contribution is 2.37. The van der Waals surface area contributed by atoms with Crippen molar-refractivity contribution in [3.05, 3.63) is 90.7 Å². The Morgan fingerprint density at radius 2 is 1.92 bits per heavy atom. The molecular formula is C29H29N3O5S. The number of para-hydroxylation sites is 1. The van der Waals surface area contributed by atoms with Gasteiger partial charge in [0.25, 0.3) is 5.56 Å². The summed E-state index contributed by atoms with van der Waals surface area (Å²) in [7, 11) is 3.12. The lowest BCUT2D eigenvalue weighted by Crippen LogP contribution is -2.40. The molecule has 3 heterocycles. The molecule has 8 nitrogen and oxygen atoms in total. The Morgan fingerprint density at radius 1 is 1.13 bits per heavy atom. The van der Waals surface area contributed by atoms with Crippen LogP contribution in [0.2, 0.25) is 0 Å². The predicted octanol–water partition coefficient (Wildman–Crippen LogP) is 3.79. The van der Waals surface area contributed by atoms with Crippen LogP contribution < -0.4 is 24.4 Å². The maximum absolute atomic E-state index is 14.0. The SMILES string of the molecule is CCOC(=O)C1=C(C)N=c2s/c(=C\c3cn(CC)c4ccccc34)c(=O)n2[C@H]1c1cc(OC)ccc1OC. The molecule has 0 radical (unpaired) electrons. The van der Waals surface area contributed by atoms with Gasteiger partial charge in [-0.25, -0.2) is 9.79 Å². The van der Waals surface area contributed by atoms with E-state index in [2.05, 4.69) is 34.8 Å². The summed E-state index contributed by atoms with van der Waals surface area (Å²) in [5.74, 6) is 0.574. The van der Waals surface area contributed by atoms with E-state index >= 15 is 0 Å². The van der Waals surface area contributed by atoms with E-state index in [1.807, 2.05) is 18.2 Å². The lowest BCUT2D eigenvalue weighted by atomic mass is 9.94. The summed E-state index contributed by atoms with van der Waals surface area (Å²) < 4.78 is 20.8. The Morgan fingerprint density at radius 3 is 2.63 bits per heavy atom. The molecule has 4 aromatic rings. The molecule has 0 fully saturated rings.